The molecule has 0 spiro atoms. The van der Waals surface area contributed by atoms with E-state index in [2.05, 4.69) is 5.32 Å². The van der Waals surface area contributed by atoms with E-state index in [1.54, 1.807) is 30.3 Å². The molecule has 0 saturated carbocycles. The van der Waals surface area contributed by atoms with Gasteiger partial charge in [0, 0.05) is 23.4 Å². The number of morpholine rings is 1. The summed E-state index contributed by atoms with van der Waals surface area (Å²) in [5.74, 6) is -0.174. The summed E-state index contributed by atoms with van der Waals surface area (Å²) in [4.78, 5) is 27.0. The van der Waals surface area contributed by atoms with Crippen LogP contribution in [0.2, 0.25) is 0 Å². The molecule has 1 saturated heterocycles. The maximum atomic E-state index is 12.8. The van der Waals surface area contributed by atoms with Crippen molar-refractivity contribution < 1.29 is 14.3 Å². The molecule has 2 amide bonds. The van der Waals surface area contributed by atoms with Crippen molar-refractivity contribution in [2.75, 3.05) is 25.1 Å². The van der Waals surface area contributed by atoms with Gasteiger partial charge in [0.2, 0.25) is 0 Å². The van der Waals surface area contributed by atoms with E-state index in [-0.39, 0.29) is 17.4 Å². The van der Waals surface area contributed by atoms with Crippen LogP contribution in [0.5, 0.6) is 0 Å². The number of hydrogen-bond donors (Lipinski definition) is 1. The molecule has 5 heteroatoms. The Hall–Kier alpha value is -2.66. The van der Waals surface area contributed by atoms with E-state index >= 15 is 0 Å². The number of nitrogens with one attached hydrogen (secondary N) is 1. The zero-order valence-corrected chi connectivity index (χ0v) is 15.4. The summed E-state index contributed by atoms with van der Waals surface area (Å²) in [6.07, 6.45) is 0. The molecule has 0 aliphatic carbocycles. The summed E-state index contributed by atoms with van der Waals surface area (Å²) in [5, 5.41) is 2.88. The summed E-state index contributed by atoms with van der Waals surface area (Å²) < 4.78 is 5.47. The molecule has 1 heterocycles. The highest BCUT2D eigenvalue weighted by atomic mass is 16.5. The average Bonchev–Trinajstić information content (AvgIpc) is 2.62. The highest BCUT2D eigenvalue weighted by Crippen LogP contribution is 2.22. The van der Waals surface area contributed by atoms with Crippen LogP contribution >= 0.6 is 0 Å². The monoisotopic (exact) mass is 352 g/mol. The molecule has 2 aromatic carbocycles. The number of anilines is 1. The SMILES string of the molecule is Cc1ccccc1C(=O)Nc1ccc(C(=O)N2CCOCC2(C)C)cc1. The van der Waals surface area contributed by atoms with Crippen molar-refractivity contribution in [3.63, 3.8) is 0 Å². The molecule has 1 N–H and O–H groups in total. The van der Waals surface area contributed by atoms with Gasteiger partial charge in [0.05, 0.1) is 18.8 Å². The van der Waals surface area contributed by atoms with Crippen molar-refractivity contribution in [3.05, 3.63) is 65.2 Å². The number of ether oxygens (including phenoxy) is 1. The second-order valence-corrected chi connectivity index (χ2v) is 7.17. The number of carbonyl (C=O) groups is 2. The number of benzene rings is 2. The Labute approximate surface area is 154 Å². The number of hydrogen-bond acceptors (Lipinski definition) is 3. The van der Waals surface area contributed by atoms with E-state index in [0.29, 0.717) is 36.6 Å². The van der Waals surface area contributed by atoms with Crippen molar-refractivity contribution in [1.29, 1.82) is 0 Å². The van der Waals surface area contributed by atoms with Crippen LogP contribution in [0.4, 0.5) is 5.69 Å². The molecular weight excluding hydrogens is 328 g/mol. The third-order valence-corrected chi connectivity index (χ3v) is 4.67. The van der Waals surface area contributed by atoms with Crippen LogP contribution in [0.1, 0.15) is 40.1 Å². The molecule has 136 valence electrons. The van der Waals surface area contributed by atoms with Crippen molar-refractivity contribution in [2.24, 2.45) is 0 Å². The lowest BCUT2D eigenvalue weighted by Crippen LogP contribution is -2.55. The predicted molar refractivity (Wildman–Crippen MR) is 102 cm³/mol. The van der Waals surface area contributed by atoms with Gasteiger partial charge >= 0.3 is 0 Å². The first kappa shape index (κ1) is 18.1. The third kappa shape index (κ3) is 3.78. The van der Waals surface area contributed by atoms with Crippen molar-refractivity contribution in [2.45, 2.75) is 26.3 Å². The quantitative estimate of drug-likeness (QED) is 0.920. The first-order chi connectivity index (χ1) is 12.4. The minimum Gasteiger partial charge on any atom is -0.377 e. The maximum absolute atomic E-state index is 12.8. The fraction of sp³-hybridized carbons (Fsp3) is 0.333. The predicted octanol–water partition coefficient (Wildman–Crippen LogP) is 3.50. The molecule has 0 bridgehead atoms. The van der Waals surface area contributed by atoms with Gasteiger partial charge in [0.1, 0.15) is 0 Å². The van der Waals surface area contributed by atoms with Crippen molar-refractivity contribution in [3.8, 4) is 0 Å². The van der Waals surface area contributed by atoms with Crippen LogP contribution < -0.4 is 5.32 Å². The largest absolute Gasteiger partial charge is 0.377 e. The van der Waals surface area contributed by atoms with Crippen LogP contribution in [-0.2, 0) is 4.74 Å². The van der Waals surface area contributed by atoms with Crippen LogP contribution in [0.25, 0.3) is 0 Å². The number of carbonyl (C=O) groups excluding carboxylic acids is 2. The van der Waals surface area contributed by atoms with Gasteiger partial charge in [-0.05, 0) is 56.7 Å². The van der Waals surface area contributed by atoms with E-state index in [0.717, 1.165) is 5.56 Å². The Bertz CT molecular complexity index is 812. The third-order valence-electron chi connectivity index (χ3n) is 4.67. The van der Waals surface area contributed by atoms with E-state index in [4.69, 9.17) is 4.74 Å². The van der Waals surface area contributed by atoms with Gasteiger partial charge < -0.3 is 15.0 Å². The second kappa shape index (κ2) is 7.30. The van der Waals surface area contributed by atoms with Gasteiger partial charge in [-0.25, -0.2) is 0 Å². The highest BCUT2D eigenvalue weighted by Gasteiger charge is 2.34. The van der Waals surface area contributed by atoms with Crippen LogP contribution in [0.3, 0.4) is 0 Å². The van der Waals surface area contributed by atoms with E-state index in [9.17, 15) is 9.59 Å². The molecule has 5 nitrogen and oxygen atoms in total. The zero-order chi connectivity index (χ0) is 18.7. The lowest BCUT2D eigenvalue weighted by atomic mass is 10.0. The Balaban J connectivity index is 1.71. The van der Waals surface area contributed by atoms with E-state index in [1.165, 1.54) is 0 Å². The van der Waals surface area contributed by atoms with Gasteiger partial charge in [-0.2, -0.15) is 0 Å². The van der Waals surface area contributed by atoms with Crippen molar-refractivity contribution >= 4 is 17.5 Å². The van der Waals surface area contributed by atoms with Gasteiger partial charge in [-0.3, -0.25) is 9.59 Å². The van der Waals surface area contributed by atoms with Crippen molar-refractivity contribution in [1.82, 2.24) is 4.90 Å². The number of nitrogens with zero attached hydrogens (tertiary/aromatic N) is 1. The smallest absolute Gasteiger partial charge is 0.255 e. The highest BCUT2D eigenvalue weighted by molar-refractivity contribution is 6.05. The fourth-order valence-electron chi connectivity index (χ4n) is 3.11. The minimum atomic E-state index is -0.326. The van der Waals surface area contributed by atoms with Gasteiger partial charge in [-0.15, -0.1) is 0 Å². The van der Waals surface area contributed by atoms with Crippen LogP contribution in [0.15, 0.2) is 48.5 Å². The molecule has 0 aromatic heterocycles. The molecular formula is C21H24N2O3. The molecule has 1 fully saturated rings. The van der Waals surface area contributed by atoms with Crippen LogP contribution in [-0.4, -0.2) is 42.0 Å². The zero-order valence-electron chi connectivity index (χ0n) is 15.4. The first-order valence-corrected chi connectivity index (χ1v) is 8.75. The Kier molecular flexibility index (Phi) is 5.09. The number of rotatable bonds is 3. The average molecular weight is 352 g/mol. The van der Waals surface area contributed by atoms with Crippen LogP contribution in [0, 0.1) is 6.92 Å². The number of amides is 2. The van der Waals surface area contributed by atoms with E-state index in [1.807, 2.05) is 43.9 Å². The maximum Gasteiger partial charge on any atom is 0.255 e. The minimum absolute atomic E-state index is 0.0184. The second-order valence-electron chi connectivity index (χ2n) is 7.17. The standard InChI is InChI=1S/C21H24N2O3/c1-15-6-4-5-7-18(15)19(24)22-17-10-8-16(9-11-17)20(25)23-12-13-26-14-21(23,2)3/h4-11H,12-14H2,1-3H3,(H,22,24). The lowest BCUT2D eigenvalue weighted by molar-refractivity contribution is -0.0370. The van der Waals surface area contributed by atoms with Gasteiger partial charge in [-0.1, -0.05) is 18.2 Å². The van der Waals surface area contributed by atoms with E-state index < -0.39 is 0 Å². The summed E-state index contributed by atoms with van der Waals surface area (Å²) in [6.45, 7) is 7.57. The topological polar surface area (TPSA) is 58.6 Å². The summed E-state index contributed by atoms with van der Waals surface area (Å²) in [7, 11) is 0. The fourth-order valence-corrected chi connectivity index (χ4v) is 3.11. The molecule has 26 heavy (non-hydrogen) atoms. The molecule has 3 rings (SSSR count). The Morgan fingerprint density at radius 2 is 1.77 bits per heavy atom. The molecule has 1 aliphatic rings. The normalized spacial score (nSPS) is 16.2. The molecule has 0 radical (unpaired) electrons. The summed E-state index contributed by atoms with van der Waals surface area (Å²) >= 11 is 0. The van der Waals surface area contributed by atoms with Gasteiger partial charge in [0.25, 0.3) is 11.8 Å². The Morgan fingerprint density at radius 1 is 1.08 bits per heavy atom. The molecule has 2 aromatic rings. The Morgan fingerprint density at radius 3 is 2.42 bits per heavy atom. The lowest BCUT2D eigenvalue weighted by Gasteiger charge is -2.42. The first-order valence-electron chi connectivity index (χ1n) is 8.75. The summed E-state index contributed by atoms with van der Waals surface area (Å²) in [5.41, 5.74) is 2.51. The molecule has 0 atom stereocenters. The van der Waals surface area contributed by atoms with Gasteiger partial charge in [0.15, 0.2) is 0 Å². The number of aryl methyl sites for hydroxylation is 1. The molecule has 1 aliphatic heterocycles. The summed E-state index contributed by atoms with van der Waals surface area (Å²) in [6, 6.07) is 14.5. The molecule has 0 unspecified atom stereocenters.